The van der Waals surface area contributed by atoms with Gasteiger partial charge in [-0.2, -0.15) is 4.98 Å². The molecule has 4 rings (SSSR count). The van der Waals surface area contributed by atoms with Crippen molar-refractivity contribution in [2.45, 2.75) is 50.0 Å². The van der Waals surface area contributed by atoms with Crippen LogP contribution in [0.15, 0.2) is 34.9 Å². The van der Waals surface area contributed by atoms with E-state index in [1.54, 1.807) is 0 Å². The zero-order chi connectivity index (χ0) is 17.2. The van der Waals surface area contributed by atoms with E-state index in [1.807, 2.05) is 35.2 Å². The molecule has 2 heterocycles. The van der Waals surface area contributed by atoms with E-state index in [9.17, 15) is 4.79 Å². The molecule has 0 bridgehead atoms. The summed E-state index contributed by atoms with van der Waals surface area (Å²) in [6.45, 7) is 1.44. The lowest BCUT2D eigenvalue weighted by molar-refractivity contribution is -0.132. The zero-order valence-electron chi connectivity index (χ0n) is 14.7. The minimum absolute atomic E-state index is 0. The molecule has 1 aliphatic carbocycles. The van der Waals surface area contributed by atoms with Gasteiger partial charge in [-0.15, -0.1) is 12.4 Å². The van der Waals surface area contributed by atoms with E-state index < -0.39 is 0 Å². The normalized spacial score (nSPS) is 21.1. The summed E-state index contributed by atoms with van der Waals surface area (Å²) in [6, 6.07) is 9.52. The van der Waals surface area contributed by atoms with Crippen LogP contribution in [0.1, 0.15) is 67.3 Å². The summed E-state index contributed by atoms with van der Waals surface area (Å²) >= 11 is 0. The molecule has 26 heavy (non-hydrogen) atoms. The number of benzene rings is 1. The van der Waals surface area contributed by atoms with Crippen LogP contribution in [0.25, 0.3) is 0 Å². The van der Waals surface area contributed by atoms with Crippen LogP contribution in [-0.4, -0.2) is 34.0 Å². The highest BCUT2D eigenvalue weighted by atomic mass is 35.5. The van der Waals surface area contributed by atoms with Crippen molar-refractivity contribution >= 4 is 18.3 Å². The maximum atomic E-state index is 12.7. The average molecular weight is 377 g/mol. The molecular weight excluding hydrogens is 352 g/mol. The number of carbonyl (C=O) groups is 1. The molecule has 7 heteroatoms. The molecular formula is C19H25ClN4O2. The molecule has 1 aromatic carbocycles. The summed E-state index contributed by atoms with van der Waals surface area (Å²) in [7, 11) is 0. The minimum atomic E-state index is -0.263. The Bertz CT molecular complexity index is 732. The Hall–Kier alpha value is -1.92. The van der Waals surface area contributed by atoms with Crippen molar-refractivity contribution in [2.24, 2.45) is 5.73 Å². The number of hydrogen-bond acceptors (Lipinski definition) is 5. The van der Waals surface area contributed by atoms with Gasteiger partial charge in [0.25, 0.3) is 0 Å². The largest absolute Gasteiger partial charge is 0.342 e. The molecule has 2 aliphatic rings. The molecule has 1 saturated heterocycles. The highest BCUT2D eigenvalue weighted by Gasteiger charge is 2.33. The third-order valence-electron chi connectivity index (χ3n) is 5.15. The van der Waals surface area contributed by atoms with Crippen molar-refractivity contribution in [3.05, 3.63) is 47.6 Å². The van der Waals surface area contributed by atoms with E-state index in [1.165, 1.54) is 0 Å². The molecule has 0 radical (unpaired) electrons. The molecule has 2 aromatic rings. The maximum Gasteiger partial charge on any atom is 0.229 e. The fourth-order valence-corrected chi connectivity index (χ4v) is 3.46. The van der Waals surface area contributed by atoms with Gasteiger partial charge >= 0.3 is 0 Å². The number of nitrogens with zero attached hydrogens (tertiary/aromatic N) is 3. The molecule has 140 valence electrons. The summed E-state index contributed by atoms with van der Waals surface area (Å²) < 4.78 is 5.38. The number of aromatic nitrogens is 2. The Morgan fingerprint density at radius 3 is 2.73 bits per heavy atom. The van der Waals surface area contributed by atoms with Gasteiger partial charge in [-0.05, 0) is 31.2 Å². The smallest absolute Gasteiger partial charge is 0.229 e. The average Bonchev–Trinajstić information content (AvgIpc) is 3.39. The van der Waals surface area contributed by atoms with Gasteiger partial charge in [0, 0.05) is 37.4 Å². The fraction of sp³-hybridized carbons (Fsp3) is 0.526. The number of carbonyl (C=O) groups excluding carboxylic acids is 1. The van der Waals surface area contributed by atoms with E-state index in [2.05, 4.69) is 10.1 Å². The van der Waals surface area contributed by atoms with Crippen molar-refractivity contribution in [2.75, 3.05) is 13.1 Å². The van der Waals surface area contributed by atoms with Crippen LogP contribution in [0.5, 0.6) is 0 Å². The summed E-state index contributed by atoms with van der Waals surface area (Å²) in [6.07, 6.45) is 4.58. The monoisotopic (exact) mass is 376 g/mol. The van der Waals surface area contributed by atoms with Gasteiger partial charge in [-0.1, -0.05) is 35.5 Å². The van der Waals surface area contributed by atoms with Crippen molar-refractivity contribution in [3.8, 4) is 0 Å². The number of rotatable bonds is 5. The van der Waals surface area contributed by atoms with Crippen LogP contribution < -0.4 is 5.73 Å². The molecule has 6 nitrogen and oxygen atoms in total. The van der Waals surface area contributed by atoms with Gasteiger partial charge in [-0.25, -0.2) is 0 Å². The molecule has 1 amide bonds. The molecule has 2 unspecified atom stereocenters. The van der Waals surface area contributed by atoms with Gasteiger partial charge in [-0.3, -0.25) is 4.79 Å². The summed E-state index contributed by atoms with van der Waals surface area (Å²) in [4.78, 5) is 19.1. The molecule has 2 atom stereocenters. The number of nitrogens with two attached hydrogens (primary N) is 1. The first kappa shape index (κ1) is 18.9. The topological polar surface area (TPSA) is 85.3 Å². The SMILES string of the molecule is Cl.NC(CC(=O)N1CCCC(c2noc(C3CC3)n2)C1)c1ccccc1. The van der Waals surface area contributed by atoms with Crippen LogP contribution in [0.3, 0.4) is 0 Å². The van der Waals surface area contributed by atoms with Gasteiger partial charge < -0.3 is 15.2 Å². The highest BCUT2D eigenvalue weighted by molar-refractivity contribution is 5.85. The van der Waals surface area contributed by atoms with E-state index in [0.29, 0.717) is 18.9 Å². The first-order valence-corrected chi connectivity index (χ1v) is 9.12. The number of halogens is 1. The lowest BCUT2D eigenvalue weighted by Gasteiger charge is -2.32. The molecule has 1 saturated carbocycles. The van der Waals surface area contributed by atoms with E-state index in [-0.39, 0.29) is 30.3 Å². The second-order valence-corrected chi connectivity index (χ2v) is 7.17. The number of likely N-dealkylation sites (tertiary alicyclic amines) is 1. The summed E-state index contributed by atoms with van der Waals surface area (Å²) in [5.74, 6) is 2.26. The standard InChI is InChI=1S/C19H24N4O2.ClH/c20-16(13-5-2-1-3-6-13)11-17(24)23-10-4-7-15(12-23)18-21-19(25-22-18)14-8-9-14;/h1-3,5-6,14-16H,4,7-12,20H2;1H. The minimum Gasteiger partial charge on any atom is -0.342 e. The van der Waals surface area contributed by atoms with E-state index in [4.69, 9.17) is 10.3 Å². The third kappa shape index (κ3) is 4.24. The van der Waals surface area contributed by atoms with Crippen LogP contribution >= 0.6 is 12.4 Å². The Kier molecular flexibility index (Phi) is 5.94. The highest BCUT2D eigenvalue weighted by Crippen LogP contribution is 2.39. The number of piperidine rings is 1. The van der Waals surface area contributed by atoms with Gasteiger partial charge in [0.05, 0.1) is 0 Å². The van der Waals surface area contributed by atoms with Gasteiger partial charge in [0.2, 0.25) is 11.8 Å². The van der Waals surface area contributed by atoms with E-state index >= 15 is 0 Å². The molecule has 1 aliphatic heterocycles. The zero-order valence-corrected chi connectivity index (χ0v) is 15.5. The Morgan fingerprint density at radius 1 is 1.23 bits per heavy atom. The molecule has 1 aromatic heterocycles. The maximum absolute atomic E-state index is 12.7. The number of amides is 1. The lowest BCUT2D eigenvalue weighted by atomic mass is 9.96. The lowest BCUT2D eigenvalue weighted by Crippen LogP contribution is -2.40. The van der Waals surface area contributed by atoms with Crippen LogP contribution in [0.2, 0.25) is 0 Å². The second-order valence-electron chi connectivity index (χ2n) is 7.17. The molecule has 2 N–H and O–H groups in total. The molecule has 0 spiro atoms. The summed E-state index contributed by atoms with van der Waals surface area (Å²) in [5, 5.41) is 4.15. The van der Waals surface area contributed by atoms with E-state index in [0.717, 1.165) is 49.5 Å². The number of hydrogen-bond donors (Lipinski definition) is 1. The van der Waals surface area contributed by atoms with Crippen molar-refractivity contribution in [1.29, 1.82) is 0 Å². The van der Waals surface area contributed by atoms with Gasteiger partial charge in [0.15, 0.2) is 5.82 Å². The Labute approximate surface area is 159 Å². The Morgan fingerprint density at radius 2 is 2.00 bits per heavy atom. The van der Waals surface area contributed by atoms with Crippen molar-refractivity contribution < 1.29 is 9.32 Å². The predicted octanol–water partition coefficient (Wildman–Crippen LogP) is 3.16. The summed E-state index contributed by atoms with van der Waals surface area (Å²) in [5.41, 5.74) is 7.20. The quantitative estimate of drug-likeness (QED) is 0.866. The van der Waals surface area contributed by atoms with Crippen molar-refractivity contribution in [3.63, 3.8) is 0 Å². The Balaban J connectivity index is 0.00000196. The third-order valence-corrected chi connectivity index (χ3v) is 5.15. The first-order chi connectivity index (χ1) is 12.2. The fourth-order valence-electron chi connectivity index (χ4n) is 3.46. The first-order valence-electron chi connectivity index (χ1n) is 9.12. The molecule has 2 fully saturated rings. The predicted molar refractivity (Wildman–Crippen MR) is 100 cm³/mol. The van der Waals surface area contributed by atoms with Crippen molar-refractivity contribution in [1.82, 2.24) is 15.0 Å². The second kappa shape index (κ2) is 8.18. The van der Waals surface area contributed by atoms with Crippen LogP contribution in [0, 0.1) is 0 Å². The van der Waals surface area contributed by atoms with Crippen LogP contribution in [0.4, 0.5) is 0 Å². The van der Waals surface area contributed by atoms with Crippen LogP contribution in [-0.2, 0) is 4.79 Å². The van der Waals surface area contributed by atoms with Gasteiger partial charge in [0.1, 0.15) is 0 Å².